The van der Waals surface area contributed by atoms with Crippen LogP contribution in [-0.4, -0.2) is 32.1 Å². The molecule has 3 rings (SSSR count). The molecule has 0 saturated heterocycles. The first-order valence-electron chi connectivity index (χ1n) is 9.41. The topological polar surface area (TPSA) is 80.7 Å². The first kappa shape index (κ1) is 23.2. The molecule has 0 bridgehead atoms. The summed E-state index contributed by atoms with van der Waals surface area (Å²) >= 11 is 5.90. The lowest BCUT2D eigenvalue weighted by Gasteiger charge is -2.22. The summed E-state index contributed by atoms with van der Waals surface area (Å²) in [5.41, 5.74) is 5.43. The molecule has 10 heteroatoms. The highest BCUT2D eigenvalue weighted by Crippen LogP contribution is 2.33. The number of hydrogen-bond acceptors (Lipinski definition) is 9. The lowest BCUT2D eigenvalue weighted by molar-refractivity contribution is -0.113. The summed E-state index contributed by atoms with van der Waals surface area (Å²) in [7, 11) is 0. The molecule has 0 aliphatic heterocycles. The number of carbonyl (C=O) groups excluding carboxylic acids is 1. The fourth-order valence-corrected chi connectivity index (χ4v) is 6.31. The SMILES string of the molecule is Cc1nnc(SCC(=O)Nc2nnc(SCc3c(C)cc(C(C)(C)C)cc3C)s2)s1. The third kappa shape index (κ3) is 6.26. The molecule has 1 N–H and O–H groups in total. The Morgan fingerprint density at radius 2 is 1.60 bits per heavy atom. The maximum atomic E-state index is 12.1. The zero-order valence-electron chi connectivity index (χ0n) is 17.9. The molecule has 3 aromatic rings. The average molecular weight is 480 g/mol. The Morgan fingerprint density at radius 3 is 2.20 bits per heavy atom. The molecule has 6 nitrogen and oxygen atoms in total. The summed E-state index contributed by atoms with van der Waals surface area (Å²) in [6, 6.07) is 4.57. The zero-order chi connectivity index (χ0) is 21.9. The number of thioether (sulfide) groups is 2. The summed E-state index contributed by atoms with van der Waals surface area (Å²) in [5.74, 6) is 0.983. The molecule has 0 fully saturated rings. The molecular formula is C20H25N5OS4. The van der Waals surface area contributed by atoms with Crippen LogP contribution in [0.2, 0.25) is 0 Å². The van der Waals surface area contributed by atoms with Gasteiger partial charge in [0.2, 0.25) is 11.0 Å². The van der Waals surface area contributed by atoms with Crippen LogP contribution >= 0.6 is 46.2 Å². The van der Waals surface area contributed by atoms with Crippen molar-refractivity contribution in [1.82, 2.24) is 20.4 Å². The van der Waals surface area contributed by atoms with Crippen LogP contribution in [-0.2, 0) is 16.0 Å². The smallest absolute Gasteiger partial charge is 0.236 e. The minimum absolute atomic E-state index is 0.120. The Hall–Kier alpha value is -1.49. The molecule has 0 saturated carbocycles. The van der Waals surface area contributed by atoms with Gasteiger partial charge in [0.25, 0.3) is 0 Å². The van der Waals surface area contributed by atoms with Crippen molar-refractivity contribution in [3.63, 3.8) is 0 Å². The summed E-state index contributed by atoms with van der Waals surface area (Å²) in [6.45, 7) is 12.9. The molecule has 0 aliphatic rings. The summed E-state index contributed by atoms with van der Waals surface area (Å²) in [6.07, 6.45) is 0. The maximum absolute atomic E-state index is 12.1. The van der Waals surface area contributed by atoms with Crippen LogP contribution in [0.1, 0.15) is 48.0 Å². The highest BCUT2D eigenvalue weighted by molar-refractivity contribution is 8.01. The van der Waals surface area contributed by atoms with Gasteiger partial charge in [-0.3, -0.25) is 10.1 Å². The summed E-state index contributed by atoms with van der Waals surface area (Å²) in [4.78, 5) is 12.1. The van der Waals surface area contributed by atoms with Crippen LogP contribution in [0.15, 0.2) is 20.8 Å². The van der Waals surface area contributed by atoms with E-state index < -0.39 is 0 Å². The molecule has 160 valence electrons. The van der Waals surface area contributed by atoms with Crippen molar-refractivity contribution < 1.29 is 4.79 Å². The molecule has 2 heterocycles. The van der Waals surface area contributed by atoms with E-state index in [1.54, 1.807) is 11.8 Å². The number of nitrogens with one attached hydrogen (secondary N) is 1. The van der Waals surface area contributed by atoms with Crippen LogP contribution in [0.3, 0.4) is 0 Å². The predicted molar refractivity (Wildman–Crippen MR) is 128 cm³/mol. The highest BCUT2D eigenvalue weighted by Gasteiger charge is 2.17. The molecule has 1 amide bonds. The average Bonchev–Trinajstić information content (AvgIpc) is 3.27. The number of hydrogen-bond donors (Lipinski definition) is 1. The van der Waals surface area contributed by atoms with Gasteiger partial charge in [-0.15, -0.1) is 20.4 Å². The monoisotopic (exact) mass is 479 g/mol. The van der Waals surface area contributed by atoms with Crippen molar-refractivity contribution in [3.8, 4) is 0 Å². The van der Waals surface area contributed by atoms with Crippen molar-refractivity contribution in [2.75, 3.05) is 11.1 Å². The summed E-state index contributed by atoms with van der Waals surface area (Å²) < 4.78 is 1.63. The van der Waals surface area contributed by atoms with Gasteiger partial charge in [-0.2, -0.15) is 0 Å². The fourth-order valence-electron chi connectivity index (χ4n) is 2.73. The van der Waals surface area contributed by atoms with E-state index in [-0.39, 0.29) is 17.1 Å². The number of anilines is 1. The van der Waals surface area contributed by atoms with E-state index in [1.165, 1.54) is 56.7 Å². The molecular weight excluding hydrogens is 455 g/mol. The Labute approximate surface area is 193 Å². The first-order valence-corrected chi connectivity index (χ1v) is 13.0. The van der Waals surface area contributed by atoms with Crippen molar-refractivity contribution in [2.45, 2.75) is 61.4 Å². The number of amides is 1. The van der Waals surface area contributed by atoms with E-state index >= 15 is 0 Å². The van der Waals surface area contributed by atoms with E-state index in [2.05, 4.69) is 72.5 Å². The largest absolute Gasteiger partial charge is 0.300 e. The normalized spacial score (nSPS) is 11.7. The molecule has 1 aromatic carbocycles. The van der Waals surface area contributed by atoms with Gasteiger partial charge >= 0.3 is 0 Å². The third-order valence-corrected chi connectivity index (χ3v) is 8.36. The van der Waals surface area contributed by atoms with Gasteiger partial charge in [0.05, 0.1) is 5.75 Å². The number of aryl methyl sites for hydroxylation is 3. The Kier molecular flexibility index (Phi) is 7.54. The Bertz CT molecular complexity index is 1010. The van der Waals surface area contributed by atoms with E-state index in [4.69, 9.17) is 0 Å². The van der Waals surface area contributed by atoms with E-state index in [0.717, 1.165) is 19.4 Å². The van der Waals surface area contributed by atoms with Crippen LogP contribution in [0, 0.1) is 20.8 Å². The molecule has 0 aliphatic carbocycles. The van der Waals surface area contributed by atoms with Crippen molar-refractivity contribution in [2.24, 2.45) is 0 Å². The van der Waals surface area contributed by atoms with Crippen LogP contribution < -0.4 is 5.32 Å². The van der Waals surface area contributed by atoms with Crippen LogP contribution in [0.25, 0.3) is 0 Å². The highest BCUT2D eigenvalue weighted by atomic mass is 32.2. The predicted octanol–water partition coefficient (Wildman–Crippen LogP) is 5.64. The van der Waals surface area contributed by atoms with E-state index in [0.29, 0.717) is 5.13 Å². The lowest BCUT2D eigenvalue weighted by Crippen LogP contribution is -2.13. The standard InChI is InChI=1S/C20H25N5OS4/c1-11-7-14(20(4,5)6)8-12(2)15(11)9-27-19-25-23-17(30-19)21-16(26)10-28-18-24-22-13(3)29-18/h7-8H,9-10H2,1-6H3,(H,21,23,26). The maximum Gasteiger partial charge on any atom is 0.236 e. The quantitative estimate of drug-likeness (QED) is 0.347. The molecule has 30 heavy (non-hydrogen) atoms. The molecule has 0 spiro atoms. The number of benzene rings is 1. The van der Waals surface area contributed by atoms with Crippen molar-refractivity contribution in [1.29, 1.82) is 0 Å². The Morgan fingerprint density at radius 1 is 0.967 bits per heavy atom. The van der Waals surface area contributed by atoms with Crippen LogP contribution in [0.4, 0.5) is 5.13 Å². The van der Waals surface area contributed by atoms with Gasteiger partial charge in [0.15, 0.2) is 8.68 Å². The van der Waals surface area contributed by atoms with Gasteiger partial charge < -0.3 is 0 Å². The minimum Gasteiger partial charge on any atom is -0.300 e. The van der Waals surface area contributed by atoms with Gasteiger partial charge in [-0.25, -0.2) is 0 Å². The number of rotatable bonds is 7. The third-order valence-electron chi connectivity index (χ3n) is 4.39. The van der Waals surface area contributed by atoms with Gasteiger partial charge in [-0.05, 0) is 48.4 Å². The second-order valence-corrected chi connectivity index (χ2v) is 12.5. The van der Waals surface area contributed by atoms with Gasteiger partial charge in [0.1, 0.15) is 5.01 Å². The molecule has 0 atom stereocenters. The molecule has 0 radical (unpaired) electrons. The Balaban J connectivity index is 1.55. The van der Waals surface area contributed by atoms with Crippen LogP contribution in [0.5, 0.6) is 0 Å². The lowest BCUT2D eigenvalue weighted by atomic mass is 9.84. The van der Waals surface area contributed by atoms with Crippen molar-refractivity contribution in [3.05, 3.63) is 39.4 Å². The first-order chi connectivity index (χ1) is 14.1. The van der Waals surface area contributed by atoms with E-state index in [1.807, 2.05) is 6.92 Å². The summed E-state index contributed by atoms with van der Waals surface area (Å²) in [5, 5.41) is 20.5. The van der Waals surface area contributed by atoms with Crippen molar-refractivity contribution >= 4 is 57.2 Å². The number of carbonyl (C=O) groups is 1. The fraction of sp³-hybridized carbons (Fsp3) is 0.450. The number of nitrogens with zero attached hydrogens (tertiary/aromatic N) is 4. The zero-order valence-corrected chi connectivity index (χ0v) is 21.2. The van der Waals surface area contributed by atoms with E-state index in [9.17, 15) is 4.79 Å². The van der Waals surface area contributed by atoms with Gasteiger partial charge in [0, 0.05) is 5.75 Å². The second kappa shape index (κ2) is 9.76. The minimum atomic E-state index is -0.120. The molecule has 2 aromatic heterocycles. The number of aromatic nitrogens is 4. The molecule has 0 unspecified atom stereocenters. The second-order valence-electron chi connectivity index (χ2n) is 7.92. The van der Waals surface area contributed by atoms with Gasteiger partial charge in [-0.1, -0.05) is 79.1 Å².